The highest BCUT2D eigenvalue weighted by molar-refractivity contribution is 7.80. The summed E-state index contributed by atoms with van der Waals surface area (Å²) < 4.78 is 10.9. The number of aromatic nitrogens is 1. The van der Waals surface area contributed by atoms with Crippen LogP contribution in [0, 0.1) is 19.8 Å². The molecule has 0 radical (unpaired) electrons. The maximum atomic E-state index is 12.9. The first-order valence-corrected chi connectivity index (χ1v) is 11.3. The normalized spacial score (nSPS) is 12.4. The van der Waals surface area contributed by atoms with E-state index in [0.717, 1.165) is 40.1 Å². The van der Waals surface area contributed by atoms with E-state index in [1.54, 1.807) is 0 Å². The highest BCUT2D eigenvalue weighted by Crippen LogP contribution is 2.33. The molecule has 0 aliphatic carbocycles. The van der Waals surface area contributed by atoms with Crippen molar-refractivity contribution in [3.8, 4) is 11.5 Å². The molecule has 1 aliphatic heterocycles. The molecule has 0 fully saturated rings. The van der Waals surface area contributed by atoms with Crippen molar-refractivity contribution in [2.75, 3.05) is 13.3 Å². The van der Waals surface area contributed by atoms with Crippen molar-refractivity contribution in [3.05, 3.63) is 69.0 Å². The fraction of sp³-hybridized carbons (Fsp3) is 0.360. The van der Waals surface area contributed by atoms with E-state index < -0.39 is 0 Å². The van der Waals surface area contributed by atoms with Gasteiger partial charge in [0, 0.05) is 18.7 Å². The predicted octanol–water partition coefficient (Wildman–Crippen LogP) is 4.41. The first-order chi connectivity index (χ1) is 15.3. The van der Waals surface area contributed by atoms with Gasteiger partial charge in [0.1, 0.15) is 0 Å². The van der Waals surface area contributed by atoms with Crippen molar-refractivity contribution in [2.45, 2.75) is 40.8 Å². The molecule has 0 amide bonds. The summed E-state index contributed by atoms with van der Waals surface area (Å²) in [4.78, 5) is 18.0. The van der Waals surface area contributed by atoms with E-state index in [9.17, 15) is 4.79 Å². The van der Waals surface area contributed by atoms with Gasteiger partial charge < -0.3 is 24.7 Å². The third-order valence-electron chi connectivity index (χ3n) is 5.49. The molecule has 32 heavy (non-hydrogen) atoms. The van der Waals surface area contributed by atoms with Crippen LogP contribution in [0.4, 0.5) is 0 Å². The Labute approximate surface area is 193 Å². The lowest BCUT2D eigenvalue weighted by molar-refractivity contribution is 0.174. The minimum atomic E-state index is -0.0909. The molecule has 7 heteroatoms. The molecule has 0 bridgehead atoms. The van der Waals surface area contributed by atoms with Crippen LogP contribution in [0.25, 0.3) is 10.9 Å². The Morgan fingerprint density at radius 3 is 2.69 bits per heavy atom. The molecule has 2 N–H and O–H groups in total. The number of H-pyrrole nitrogens is 1. The predicted molar refractivity (Wildman–Crippen MR) is 131 cm³/mol. The highest BCUT2D eigenvalue weighted by Gasteiger charge is 2.18. The van der Waals surface area contributed by atoms with Gasteiger partial charge in [-0.2, -0.15) is 0 Å². The Balaban J connectivity index is 1.64. The summed E-state index contributed by atoms with van der Waals surface area (Å²) in [5, 5.41) is 4.99. The number of ether oxygens (including phenoxy) is 2. The third-order valence-corrected chi connectivity index (χ3v) is 5.89. The second-order valence-electron chi connectivity index (χ2n) is 8.79. The highest BCUT2D eigenvalue weighted by atomic mass is 32.1. The first-order valence-electron chi connectivity index (χ1n) is 10.8. The van der Waals surface area contributed by atoms with Gasteiger partial charge in [0.15, 0.2) is 16.6 Å². The van der Waals surface area contributed by atoms with Crippen molar-refractivity contribution < 1.29 is 9.47 Å². The molecule has 0 atom stereocenters. The zero-order chi connectivity index (χ0) is 22.8. The zero-order valence-corrected chi connectivity index (χ0v) is 19.8. The Kier molecular flexibility index (Phi) is 6.37. The molecule has 2 aromatic carbocycles. The van der Waals surface area contributed by atoms with Crippen LogP contribution in [-0.2, 0) is 13.1 Å². The molecule has 168 valence electrons. The van der Waals surface area contributed by atoms with Gasteiger partial charge >= 0.3 is 0 Å². The second-order valence-corrected chi connectivity index (χ2v) is 9.18. The molecule has 0 saturated carbocycles. The minimum absolute atomic E-state index is 0.0909. The van der Waals surface area contributed by atoms with E-state index in [2.05, 4.69) is 43.2 Å². The van der Waals surface area contributed by atoms with Crippen LogP contribution in [0.15, 0.2) is 41.2 Å². The third kappa shape index (κ3) is 4.88. The molecule has 0 unspecified atom stereocenters. The smallest absolute Gasteiger partial charge is 0.253 e. The van der Waals surface area contributed by atoms with E-state index in [1.807, 2.05) is 36.1 Å². The molecule has 6 nitrogen and oxygen atoms in total. The lowest BCUT2D eigenvalue weighted by Gasteiger charge is -2.27. The zero-order valence-electron chi connectivity index (χ0n) is 19.0. The number of nitrogens with one attached hydrogen (secondary N) is 2. The van der Waals surface area contributed by atoms with Crippen LogP contribution in [0.3, 0.4) is 0 Å². The van der Waals surface area contributed by atoms with Crippen LogP contribution < -0.4 is 20.3 Å². The molecule has 4 rings (SSSR count). The van der Waals surface area contributed by atoms with Gasteiger partial charge in [-0.15, -0.1) is 0 Å². The van der Waals surface area contributed by atoms with E-state index in [0.29, 0.717) is 29.7 Å². The van der Waals surface area contributed by atoms with Crippen molar-refractivity contribution >= 4 is 28.2 Å². The van der Waals surface area contributed by atoms with E-state index in [4.69, 9.17) is 21.7 Å². The van der Waals surface area contributed by atoms with Crippen LogP contribution in [0.5, 0.6) is 11.5 Å². The lowest BCUT2D eigenvalue weighted by Crippen LogP contribution is -2.41. The van der Waals surface area contributed by atoms with Gasteiger partial charge in [-0.3, -0.25) is 4.79 Å². The van der Waals surface area contributed by atoms with Gasteiger partial charge in [-0.1, -0.05) is 31.5 Å². The first kappa shape index (κ1) is 22.1. The second kappa shape index (κ2) is 9.20. The Morgan fingerprint density at radius 2 is 1.91 bits per heavy atom. The Morgan fingerprint density at radius 1 is 1.12 bits per heavy atom. The topological polar surface area (TPSA) is 66.6 Å². The molecular formula is C25H29N3O3S. The summed E-state index contributed by atoms with van der Waals surface area (Å²) in [6.45, 7) is 10.3. The SMILES string of the molecule is Cc1cc(C)c2[nH]c(=O)c(CN(Cc3ccc4c(c3)OCO4)C(=S)NCC(C)C)cc2c1. The van der Waals surface area contributed by atoms with E-state index in [-0.39, 0.29) is 12.4 Å². The molecule has 0 spiro atoms. The van der Waals surface area contributed by atoms with Crippen LogP contribution in [0.2, 0.25) is 0 Å². The van der Waals surface area contributed by atoms with Gasteiger partial charge in [0.25, 0.3) is 5.56 Å². The molecule has 2 heterocycles. The maximum absolute atomic E-state index is 12.9. The van der Waals surface area contributed by atoms with E-state index >= 15 is 0 Å². The summed E-state index contributed by atoms with van der Waals surface area (Å²) >= 11 is 5.72. The number of thiocarbonyl (C=S) groups is 1. The minimum Gasteiger partial charge on any atom is -0.454 e. The van der Waals surface area contributed by atoms with Crippen LogP contribution in [-0.4, -0.2) is 28.3 Å². The van der Waals surface area contributed by atoms with Crippen molar-refractivity contribution in [2.24, 2.45) is 5.92 Å². The fourth-order valence-electron chi connectivity index (χ4n) is 3.92. The van der Waals surface area contributed by atoms with Gasteiger partial charge in [0.2, 0.25) is 6.79 Å². The summed E-state index contributed by atoms with van der Waals surface area (Å²) in [7, 11) is 0. The van der Waals surface area contributed by atoms with Crippen LogP contribution >= 0.6 is 12.2 Å². The average Bonchev–Trinajstić information content (AvgIpc) is 3.20. The van der Waals surface area contributed by atoms with Crippen molar-refractivity contribution in [3.63, 3.8) is 0 Å². The summed E-state index contributed by atoms with van der Waals surface area (Å²) in [6.07, 6.45) is 0. The standard InChI is InChI=1S/C25H29N3O3S/c1-15(2)11-26-25(32)28(12-18-5-6-21-22(9-18)31-14-30-21)13-20-10-19-8-16(3)7-17(4)23(19)27-24(20)29/h5-10,15H,11-14H2,1-4H3,(H,26,32)(H,27,29). The number of hydrogen-bond acceptors (Lipinski definition) is 4. The molecule has 1 aliphatic rings. The number of aromatic amines is 1. The number of benzene rings is 2. The largest absolute Gasteiger partial charge is 0.454 e. The number of aryl methyl sites for hydroxylation is 2. The number of pyridine rings is 1. The summed E-state index contributed by atoms with van der Waals surface area (Å²) in [5.41, 5.74) is 4.73. The fourth-order valence-corrected chi connectivity index (χ4v) is 4.13. The number of rotatable bonds is 6. The Bertz CT molecular complexity index is 1220. The summed E-state index contributed by atoms with van der Waals surface area (Å²) in [5.74, 6) is 1.94. The maximum Gasteiger partial charge on any atom is 0.253 e. The molecule has 1 aromatic heterocycles. The van der Waals surface area contributed by atoms with Crippen molar-refractivity contribution in [1.82, 2.24) is 15.2 Å². The van der Waals surface area contributed by atoms with E-state index in [1.165, 1.54) is 5.56 Å². The molecule has 3 aromatic rings. The number of nitrogens with zero attached hydrogens (tertiary/aromatic N) is 1. The van der Waals surface area contributed by atoms with Gasteiger partial charge in [-0.25, -0.2) is 0 Å². The quantitative estimate of drug-likeness (QED) is 0.542. The van der Waals surface area contributed by atoms with Gasteiger partial charge in [0.05, 0.1) is 12.1 Å². The monoisotopic (exact) mass is 451 g/mol. The summed E-state index contributed by atoms with van der Waals surface area (Å²) in [6, 6.07) is 12.0. The van der Waals surface area contributed by atoms with Crippen molar-refractivity contribution in [1.29, 1.82) is 0 Å². The number of fused-ring (bicyclic) bond motifs is 2. The van der Waals surface area contributed by atoms with Gasteiger partial charge in [-0.05, 0) is 72.8 Å². The number of hydrogen-bond donors (Lipinski definition) is 2. The van der Waals surface area contributed by atoms with Crippen LogP contribution in [0.1, 0.15) is 36.1 Å². The molecule has 0 saturated heterocycles. The average molecular weight is 452 g/mol. The molecular weight excluding hydrogens is 422 g/mol. The lowest BCUT2D eigenvalue weighted by atomic mass is 10.0. The Hall–Kier alpha value is -3.06.